The molecule has 338 valence electrons. The summed E-state index contributed by atoms with van der Waals surface area (Å²) in [5.41, 5.74) is 1.84. The van der Waals surface area contributed by atoms with Crippen LogP contribution in [0.2, 0.25) is 0 Å². The SMILES string of the molecule is CCCOc1ccc2cc1-c1cc(ccc1OCCNC(=O)OC(C)(C)C)C[C@@H](C(=O)OC)NC(=O)[C@H](C)NC(=O)[C@H]2N(C)C(=O)[C@H]1CC(=O)CCN1C(=O)OCc1ccccc1. The first-order chi connectivity index (χ1) is 30.0. The Morgan fingerprint density at radius 2 is 1.56 bits per heavy atom. The van der Waals surface area contributed by atoms with Crippen LogP contribution in [0.4, 0.5) is 9.59 Å². The number of rotatable bonds is 12. The maximum atomic E-state index is 14.7. The Morgan fingerprint density at radius 3 is 2.24 bits per heavy atom. The molecule has 2 heterocycles. The van der Waals surface area contributed by atoms with Crippen molar-refractivity contribution in [2.75, 3.05) is 40.5 Å². The van der Waals surface area contributed by atoms with Gasteiger partial charge in [-0.1, -0.05) is 49.4 Å². The molecule has 0 aliphatic carbocycles. The Labute approximate surface area is 367 Å². The van der Waals surface area contributed by atoms with Crippen molar-refractivity contribution in [2.24, 2.45) is 0 Å². The summed E-state index contributed by atoms with van der Waals surface area (Å²) in [4.78, 5) is 97.0. The highest BCUT2D eigenvalue weighted by molar-refractivity contribution is 5.98. The third kappa shape index (κ3) is 12.7. The number of nitrogens with one attached hydrogen (secondary N) is 3. The molecule has 17 nitrogen and oxygen atoms in total. The molecular weight excluding hydrogens is 815 g/mol. The highest BCUT2D eigenvalue weighted by Crippen LogP contribution is 2.40. The number of Topliss-reactive ketones (excluding diaryl/α,β-unsaturated/α-hetero) is 1. The van der Waals surface area contributed by atoms with Gasteiger partial charge in [-0.25, -0.2) is 14.4 Å². The van der Waals surface area contributed by atoms with Crippen LogP contribution in [0.3, 0.4) is 0 Å². The van der Waals surface area contributed by atoms with Crippen LogP contribution < -0.4 is 25.4 Å². The largest absolute Gasteiger partial charge is 0.493 e. The van der Waals surface area contributed by atoms with E-state index in [0.717, 1.165) is 10.5 Å². The van der Waals surface area contributed by atoms with E-state index in [1.54, 1.807) is 81.4 Å². The number of likely N-dealkylation sites (tertiary alicyclic amines) is 1. The summed E-state index contributed by atoms with van der Waals surface area (Å²) in [6, 6.07) is 14.0. The molecule has 0 saturated carbocycles. The van der Waals surface area contributed by atoms with E-state index in [2.05, 4.69) is 16.0 Å². The first-order valence-electron chi connectivity index (χ1n) is 20.9. The van der Waals surface area contributed by atoms with Gasteiger partial charge in [0.1, 0.15) is 60.3 Å². The maximum Gasteiger partial charge on any atom is 0.410 e. The number of nitrogens with zero attached hydrogens (tertiary/aromatic N) is 2. The number of alkyl carbamates (subject to hydrolysis) is 1. The number of hydrogen-bond acceptors (Lipinski definition) is 12. The fraction of sp³-hybridized carbons (Fsp3) is 0.457. The number of ether oxygens (including phenoxy) is 5. The third-order valence-corrected chi connectivity index (χ3v) is 10.3. The normalized spacial score (nSPS) is 19.0. The second kappa shape index (κ2) is 21.4. The van der Waals surface area contributed by atoms with Crippen molar-refractivity contribution in [3.05, 3.63) is 83.4 Å². The first-order valence-corrected chi connectivity index (χ1v) is 20.9. The molecule has 0 unspecified atom stereocenters. The van der Waals surface area contributed by atoms with Crippen LogP contribution in [0, 0.1) is 0 Å². The summed E-state index contributed by atoms with van der Waals surface area (Å²) in [7, 11) is 2.58. The Morgan fingerprint density at radius 1 is 0.873 bits per heavy atom. The van der Waals surface area contributed by atoms with Gasteiger partial charge in [-0.3, -0.25) is 24.1 Å². The lowest BCUT2D eigenvalue weighted by atomic mass is 9.93. The van der Waals surface area contributed by atoms with E-state index in [-0.39, 0.29) is 51.3 Å². The van der Waals surface area contributed by atoms with Gasteiger partial charge in [0.15, 0.2) is 0 Å². The Kier molecular flexibility index (Phi) is 16.1. The summed E-state index contributed by atoms with van der Waals surface area (Å²) in [5.74, 6) is -2.41. The predicted octanol–water partition coefficient (Wildman–Crippen LogP) is 4.63. The molecule has 3 aromatic rings. The van der Waals surface area contributed by atoms with Crippen LogP contribution >= 0.6 is 0 Å². The average molecular weight is 872 g/mol. The highest BCUT2D eigenvalue weighted by atomic mass is 16.6. The van der Waals surface area contributed by atoms with Crippen LogP contribution in [0.15, 0.2) is 66.7 Å². The van der Waals surface area contributed by atoms with Crippen LogP contribution in [0.1, 0.15) is 76.6 Å². The molecule has 0 radical (unpaired) electrons. The van der Waals surface area contributed by atoms with Crippen molar-refractivity contribution in [1.29, 1.82) is 0 Å². The third-order valence-electron chi connectivity index (χ3n) is 10.3. The number of likely N-dealkylation sites (N-methyl/N-ethyl adjacent to an activating group) is 1. The molecule has 0 aromatic heterocycles. The number of fused-ring (bicyclic) bond motifs is 5. The van der Waals surface area contributed by atoms with Gasteiger partial charge in [0.25, 0.3) is 0 Å². The molecule has 4 atom stereocenters. The zero-order valence-corrected chi connectivity index (χ0v) is 36.8. The summed E-state index contributed by atoms with van der Waals surface area (Å²) in [6.45, 7) is 8.91. The van der Waals surface area contributed by atoms with Crippen LogP contribution in [-0.4, -0.2) is 116 Å². The van der Waals surface area contributed by atoms with E-state index in [0.29, 0.717) is 46.8 Å². The van der Waals surface area contributed by atoms with Crippen molar-refractivity contribution in [3.8, 4) is 22.6 Å². The fourth-order valence-electron chi connectivity index (χ4n) is 7.14. The van der Waals surface area contributed by atoms with Crippen molar-refractivity contribution >= 4 is 41.7 Å². The average Bonchev–Trinajstić information content (AvgIpc) is 3.25. The van der Waals surface area contributed by atoms with Gasteiger partial charge in [-0.05, 0) is 75.1 Å². The highest BCUT2D eigenvalue weighted by Gasteiger charge is 2.42. The fourth-order valence-corrected chi connectivity index (χ4v) is 7.14. The molecule has 5 rings (SSSR count). The van der Waals surface area contributed by atoms with Crippen LogP contribution in [0.5, 0.6) is 11.5 Å². The molecule has 5 amide bonds. The lowest BCUT2D eigenvalue weighted by Crippen LogP contribution is -2.57. The van der Waals surface area contributed by atoms with Crippen molar-refractivity contribution in [3.63, 3.8) is 0 Å². The Bertz CT molecular complexity index is 2160. The van der Waals surface area contributed by atoms with Gasteiger partial charge >= 0.3 is 18.2 Å². The minimum atomic E-state index is -1.43. The summed E-state index contributed by atoms with van der Waals surface area (Å²) >= 11 is 0. The summed E-state index contributed by atoms with van der Waals surface area (Å²) < 4.78 is 28.4. The quantitative estimate of drug-likeness (QED) is 0.129. The number of carbonyl (C=O) groups is 7. The Balaban J connectivity index is 1.58. The lowest BCUT2D eigenvalue weighted by Gasteiger charge is -2.38. The van der Waals surface area contributed by atoms with Gasteiger partial charge in [0, 0.05) is 44.0 Å². The van der Waals surface area contributed by atoms with E-state index in [1.807, 2.05) is 13.0 Å². The topological polar surface area (TPSA) is 208 Å². The number of methoxy groups -OCH3 is 1. The van der Waals surface area contributed by atoms with Crippen LogP contribution in [-0.2, 0) is 51.2 Å². The molecule has 3 aromatic carbocycles. The number of ketones is 1. The van der Waals surface area contributed by atoms with Gasteiger partial charge in [-0.15, -0.1) is 0 Å². The zero-order chi connectivity index (χ0) is 45.8. The monoisotopic (exact) mass is 871 g/mol. The second-order valence-corrected chi connectivity index (χ2v) is 16.3. The van der Waals surface area contributed by atoms with E-state index >= 15 is 0 Å². The van der Waals surface area contributed by atoms with Gasteiger partial charge in [-0.2, -0.15) is 0 Å². The maximum absolute atomic E-state index is 14.7. The Hall–Kier alpha value is -6.65. The molecule has 2 aliphatic heterocycles. The van der Waals surface area contributed by atoms with Gasteiger partial charge in [0.2, 0.25) is 17.7 Å². The molecule has 3 N–H and O–H groups in total. The van der Waals surface area contributed by atoms with Crippen molar-refractivity contribution in [1.82, 2.24) is 25.8 Å². The second-order valence-electron chi connectivity index (χ2n) is 16.3. The molecule has 2 aliphatic rings. The molecule has 1 fully saturated rings. The number of amides is 5. The standard InChI is InChI=1S/C46H57N5O12/c1-8-21-60-38-17-15-31-25-34(38)33-23-30(14-16-37(33)61-22-19-47-44(57)63-46(3,4)5)24-35(43(56)59-7)49-40(53)28(2)48-41(54)39(31)50(6)42(55)36-26-32(52)18-20-51(36)45(58)62-27-29-12-10-9-11-13-29/h9-17,23,25,28,35-36,39H,8,18-22,24,26-27H2,1-7H3,(H,47,57)(H,48,54)(H,49,53)/t28-,35-,36+,39-/m0/s1. The number of hydrogen-bond donors (Lipinski definition) is 3. The van der Waals surface area contributed by atoms with Crippen molar-refractivity contribution in [2.45, 2.75) is 96.7 Å². The van der Waals surface area contributed by atoms with Crippen molar-refractivity contribution < 1.29 is 57.2 Å². The van der Waals surface area contributed by atoms with E-state index < -0.39 is 65.6 Å². The predicted molar refractivity (Wildman–Crippen MR) is 230 cm³/mol. The minimum Gasteiger partial charge on any atom is -0.493 e. The first kappa shape index (κ1) is 47.4. The minimum absolute atomic E-state index is 0.00164. The van der Waals surface area contributed by atoms with E-state index in [9.17, 15) is 33.6 Å². The lowest BCUT2D eigenvalue weighted by molar-refractivity contribution is -0.147. The molecule has 1 saturated heterocycles. The molecule has 17 heteroatoms. The summed E-state index contributed by atoms with van der Waals surface area (Å²) in [5, 5.41) is 8.05. The molecule has 63 heavy (non-hydrogen) atoms. The molecule has 4 bridgehead atoms. The van der Waals surface area contributed by atoms with Gasteiger partial charge in [0.05, 0.1) is 20.3 Å². The zero-order valence-electron chi connectivity index (χ0n) is 36.8. The summed E-state index contributed by atoms with van der Waals surface area (Å²) in [6.07, 6.45) is -1.05. The number of benzene rings is 3. The van der Waals surface area contributed by atoms with E-state index in [1.165, 1.54) is 26.0 Å². The number of carbonyl (C=O) groups excluding carboxylic acids is 7. The number of piperidine rings is 1. The molecule has 0 spiro atoms. The van der Waals surface area contributed by atoms with E-state index in [4.69, 9.17) is 23.7 Å². The van der Waals surface area contributed by atoms with Gasteiger partial charge < -0.3 is 44.5 Å². The molecular formula is C46H57N5O12. The number of esters is 1. The van der Waals surface area contributed by atoms with Crippen LogP contribution in [0.25, 0.3) is 11.1 Å². The smallest absolute Gasteiger partial charge is 0.410 e.